The number of hydrogen-bond acceptors (Lipinski definition) is 4. The van der Waals surface area contributed by atoms with E-state index in [0.717, 1.165) is 37.2 Å². The van der Waals surface area contributed by atoms with Crippen LogP contribution in [0.5, 0.6) is 0 Å². The average Bonchev–Trinajstić information content (AvgIpc) is 2.53. The van der Waals surface area contributed by atoms with Crippen LogP contribution in [-0.2, 0) is 0 Å². The van der Waals surface area contributed by atoms with Gasteiger partial charge in [0.05, 0.1) is 0 Å². The van der Waals surface area contributed by atoms with Gasteiger partial charge in [-0.2, -0.15) is 10.5 Å². The van der Waals surface area contributed by atoms with Crippen LogP contribution < -0.4 is 4.90 Å². The van der Waals surface area contributed by atoms with E-state index in [0.29, 0.717) is 5.92 Å². The minimum Gasteiger partial charge on any atom is -0.396 e. The molecule has 0 saturated carbocycles. The Labute approximate surface area is 119 Å². The Kier molecular flexibility index (Phi) is 4.76. The molecule has 0 aromatic heterocycles. The minimum atomic E-state index is 0.113. The Morgan fingerprint density at radius 2 is 1.80 bits per heavy atom. The molecule has 0 amide bonds. The summed E-state index contributed by atoms with van der Waals surface area (Å²) in [5, 5.41) is 26.6. The fourth-order valence-electron chi connectivity index (χ4n) is 2.41. The maximum absolute atomic E-state index is 9.14. The molecule has 1 fully saturated rings. The third-order valence-corrected chi connectivity index (χ3v) is 3.68. The van der Waals surface area contributed by atoms with Gasteiger partial charge >= 0.3 is 0 Å². The van der Waals surface area contributed by atoms with Crippen molar-refractivity contribution in [3.8, 4) is 12.1 Å². The van der Waals surface area contributed by atoms with Gasteiger partial charge in [-0.05, 0) is 42.5 Å². The summed E-state index contributed by atoms with van der Waals surface area (Å²) in [4.78, 5) is 2.30. The second-order valence-corrected chi connectivity index (χ2v) is 4.99. The summed E-state index contributed by atoms with van der Waals surface area (Å²) in [5.74, 6) is 0.433. The fraction of sp³-hybridized carbons (Fsp3) is 0.375. The van der Waals surface area contributed by atoms with E-state index in [2.05, 4.69) is 4.90 Å². The molecule has 1 saturated heterocycles. The Hall–Kier alpha value is -2.30. The van der Waals surface area contributed by atoms with Crippen LogP contribution in [0.4, 0.5) is 5.69 Å². The molecule has 20 heavy (non-hydrogen) atoms. The molecule has 1 aromatic carbocycles. The van der Waals surface area contributed by atoms with Gasteiger partial charge in [-0.3, -0.25) is 0 Å². The second-order valence-electron chi connectivity index (χ2n) is 4.99. The Morgan fingerprint density at radius 3 is 2.30 bits per heavy atom. The van der Waals surface area contributed by atoms with Gasteiger partial charge in [-0.1, -0.05) is 12.1 Å². The summed E-state index contributed by atoms with van der Waals surface area (Å²) < 4.78 is 0. The molecule has 102 valence electrons. The highest BCUT2D eigenvalue weighted by molar-refractivity contribution is 5.64. The maximum atomic E-state index is 9.14. The molecule has 4 nitrogen and oxygen atoms in total. The van der Waals surface area contributed by atoms with Crippen LogP contribution in [-0.4, -0.2) is 24.8 Å². The first-order valence-electron chi connectivity index (χ1n) is 6.74. The third kappa shape index (κ3) is 3.38. The fourth-order valence-corrected chi connectivity index (χ4v) is 2.41. The molecule has 0 unspecified atom stereocenters. The van der Waals surface area contributed by atoms with Crippen LogP contribution in [0.15, 0.2) is 29.8 Å². The van der Waals surface area contributed by atoms with Crippen LogP contribution in [0.25, 0.3) is 6.08 Å². The van der Waals surface area contributed by atoms with E-state index in [4.69, 9.17) is 15.6 Å². The molecular formula is C16H17N3O. The third-order valence-electron chi connectivity index (χ3n) is 3.68. The van der Waals surface area contributed by atoms with Crippen molar-refractivity contribution < 1.29 is 5.11 Å². The van der Waals surface area contributed by atoms with E-state index in [1.807, 2.05) is 36.4 Å². The molecule has 1 aliphatic rings. The molecule has 1 heterocycles. The molecule has 4 heteroatoms. The van der Waals surface area contributed by atoms with Crippen molar-refractivity contribution in [3.05, 3.63) is 35.4 Å². The van der Waals surface area contributed by atoms with Gasteiger partial charge < -0.3 is 10.0 Å². The van der Waals surface area contributed by atoms with Gasteiger partial charge in [-0.25, -0.2) is 0 Å². The van der Waals surface area contributed by atoms with Crippen molar-refractivity contribution in [2.45, 2.75) is 12.8 Å². The number of aliphatic hydroxyl groups is 1. The molecule has 0 atom stereocenters. The predicted octanol–water partition coefficient (Wildman–Crippen LogP) is 2.33. The number of piperidine rings is 1. The van der Waals surface area contributed by atoms with Gasteiger partial charge in [0.1, 0.15) is 17.7 Å². The predicted molar refractivity (Wildman–Crippen MR) is 77.7 cm³/mol. The number of allylic oxidation sites excluding steroid dienone is 1. The number of hydrogen-bond donors (Lipinski definition) is 1. The zero-order chi connectivity index (χ0) is 14.4. The first kappa shape index (κ1) is 14.1. The first-order chi connectivity index (χ1) is 9.76. The molecular weight excluding hydrogens is 250 g/mol. The molecule has 1 aliphatic heterocycles. The van der Waals surface area contributed by atoms with Gasteiger partial charge in [0.25, 0.3) is 0 Å². The van der Waals surface area contributed by atoms with Gasteiger partial charge in [0.15, 0.2) is 0 Å². The zero-order valence-corrected chi connectivity index (χ0v) is 11.3. The van der Waals surface area contributed by atoms with Crippen LogP contribution in [0.3, 0.4) is 0 Å². The number of anilines is 1. The van der Waals surface area contributed by atoms with E-state index in [9.17, 15) is 0 Å². The molecule has 0 spiro atoms. The molecule has 2 rings (SSSR count). The highest BCUT2D eigenvalue weighted by Gasteiger charge is 2.18. The van der Waals surface area contributed by atoms with Crippen molar-refractivity contribution in [2.75, 3.05) is 24.6 Å². The largest absolute Gasteiger partial charge is 0.396 e. The minimum absolute atomic E-state index is 0.113. The summed E-state index contributed by atoms with van der Waals surface area (Å²) in [6.45, 7) is 2.20. The lowest BCUT2D eigenvalue weighted by atomic mass is 9.97. The number of benzene rings is 1. The lowest BCUT2D eigenvalue weighted by Crippen LogP contribution is -2.34. The number of nitriles is 2. The number of aliphatic hydroxyl groups excluding tert-OH is 1. The van der Waals surface area contributed by atoms with Crippen molar-refractivity contribution in [2.24, 2.45) is 5.92 Å². The summed E-state index contributed by atoms with van der Waals surface area (Å²) in [6.07, 6.45) is 3.62. The SMILES string of the molecule is N#CC(C#N)=Cc1ccc(N2CCC(CO)CC2)cc1. The van der Waals surface area contributed by atoms with Crippen LogP contribution in [0, 0.1) is 28.6 Å². The van der Waals surface area contributed by atoms with E-state index in [1.54, 1.807) is 6.08 Å². The summed E-state index contributed by atoms with van der Waals surface area (Å²) in [7, 11) is 0. The topological polar surface area (TPSA) is 71.0 Å². The van der Waals surface area contributed by atoms with E-state index < -0.39 is 0 Å². The van der Waals surface area contributed by atoms with Crippen LogP contribution >= 0.6 is 0 Å². The van der Waals surface area contributed by atoms with Crippen LogP contribution in [0.2, 0.25) is 0 Å². The Balaban J connectivity index is 2.05. The highest BCUT2D eigenvalue weighted by Crippen LogP contribution is 2.23. The summed E-state index contributed by atoms with van der Waals surface area (Å²) >= 11 is 0. The summed E-state index contributed by atoms with van der Waals surface area (Å²) in [6, 6.07) is 11.6. The van der Waals surface area contributed by atoms with Crippen molar-refractivity contribution in [1.82, 2.24) is 0 Å². The van der Waals surface area contributed by atoms with E-state index in [-0.39, 0.29) is 12.2 Å². The molecule has 1 aromatic rings. The van der Waals surface area contributed by atoms with Gasteiger partial charge in [-0.15, -0.1) is 0 Å². The van der Waals surface area contributed by atoms with Crippen molar-refractivity contribution >= 4 is 11.8 Å². The second kappa shape index (κ2) is 6.75. The van der Waals surface area contributed by atoms with Crippen LogP contribution in [0.1, 0.15) is 18.4 Å². The monoisotopic (exact) mass is 267 g/mol. The molecule has 0 bridgehead atoms. The maximum Gasteiger partial charge on any atom is 0.130 e. The van der Waals surface area contributed by atoms with E-state index >= 15 is 0 Å². The average molecular weight is 267 g/mol. The van der Waals surface area contributed by atoms with E-state index in [1.165, 1.54) is 0 Å². The first-order valence-corrected chi connectivity index (χ1v) is 6.74. The zero-order valence-electron chi connectivity index (χ0n) is 11.3. The normalized spacial score (nSPS) is 15.2. The Bertz CT molecular complexity index is 539. The quantitative estimate of drug-likeness (QED) is 0.853. The molecule has 0 radical (unpaired) electrons. The Morgan fingerprint density at radius 1 is 1.20 bits per heavy atom. The van der Waals surface area contributed by atoms with Crippen molar-refractivity contribution in [1.29, 1.82) is 10.5 Å². The lowest BCUT2D eigenvalue weighted by Gasteiger charge is -2.32. The standard InChI is InChI=1S/C16H17N3O/c17-10-15(11-18)9-13-1-3-16(4-2-13)19-7-5-14(12-20)6-8-19/h1-4,9,14,20H,5-8,12H2. The summed E-state index contributed by atoms with van der Waals surface area (Å²) in [5.41, 5.74) is 2.12. The van der Waals surface area contributed by atoms with Gasteiger partial charge in [0.2, 0.25) is 0 Å². The smallest absolute Gasteiger partial charge is 0.130 e. The van der Waals surface area contributed by atoms with Gasteiger partial charge in [0, 0.05) is 25.4 Å². The number of rotatable bonds is 3. The molecule has 0 aliphatic carbocycles. The molecule has 1 N–H and O–H groups in total. The highest BCUT2D eigenvalue weighted by atomic mass is 16.3. The number of nitrogens with zero attached hydrogens (tertiary/aromatic N) is 3. The van der Waals surface area contributed by atoms with Crippen molar-refractivity contribution in [3.63, 3.8) is 0 Å². The lowest BCUT2D eigenvalue weighted by molar-refractivity contribution is 0.203.